The number of carbonyl (C=O) groups is 6. The van der Waals surface area contributed by atoms with Crippen LogP contribution in [0, 0.1) is 11.8 Å². The van der Waals surface area contributed by atoms with Crippen LogP contribution in [-0.4, -0.2) is 138 Å². The molecule has 0 fully saturated rings. The van der Waals surface area contributed by atoms with Crippen LogP contribution in [0.5, 0.6) is 0 Å². The van der Waals surface area contributed by atoms with Crippen molar-refractivity contribution in [2.75, 3.05) is 78.5 Å². The van der Waals surface area contributed by atoms with Crippen molar-refractivity contribution < 1.29 is 28.8 Å². The number of carbonyl (C=O) groups excluding carboxylic acids is 6. The van der Waals surface area contributed by atoms with Crippen molar-refractivity contribution >= 4 is 35.4 Å². The molecule has 0 aliphatic heterocycles. The summed E-state index contributed by atoms with van der Waals surface area (Å²) in [7, 11) is 0. The Morgan fingerprint density at radius 2 is 0.918 bits per heavy atom. The van der Waals surface area contributed by atoms with Crippen LogP contribution in [0.25, 0.3) is 0 Å². The molecule has 2 rings (SSSR count). The Bertz CT molecular complexity index is 1630. The minimum Gasteiger partial charge on any atom is -0.368 e. The van der Waals surface area contributed by atoms with E-state index in [0.717, 1.165) is 24.0 Å². The van der Waals surface area contributed by atoms with E-state index in [0.29, 0.717) is 51.9 Å². The minimum absolute atomic E-state index is 0.0709. The van der Waals surface area contributed by atoms with E-state index in [9.17, 15) is 28.8 Å². The molecule has 340 valence electrons. The van der Waals surface area contributed by atoms with Gasteiger partial charge in [-0.05, 0) is 95.0 Å². The number of hydrogen-bond acceptors (Lipinski definition) is 9. The quantitative estimate of drug-likeness (QED) is 0.0850. The monoisotopic (exact) mass is 850 g/mol. The lowest BCUT2D eigenvalue weighted by Crippen LogP contribution is -2.52. The van der Waals surface area contributed by atoms with E-state index in [1.807, 2.05) is 81.4 Å². The first-order chi connectivity index (χ1) is 29.1. The van der Waals surface area contributed by atoms with Crippen molar-refractivity contribution in [2.24, 2.45) is 29.0 Å². The maximum atomic E-state index is 14.5. The molecule has 61 heavy (non-hydrogen) atoms. The smallest absolute Gasteiger partial charge is 0.243 e. The zero-order chi connectivity index (χ0) is 45.3. The first-order valence-electron chi connectivity index (χ1n) is 22.0. The molecular weight excluding hydrogens is 775 g/mol. The molecule has 0 saturated carbocycles. The predicted octanol–water partition coefficient (Wildman–Crippen LogP) is 3.30. The lowest BCUT2D eigenvalue weighted by atomic mass is 10.1. The standard InChI is InChI=1S/C46H75N9O6/c1-35(2)21-27-52(42(57)29-50-25-15-13-23-47)32-46(61)55(38(6)40-19-11-8-12-20-40)34-44(59)51(26-16-14-24-48)31-43(58)53(28-22-36(3)4)33-45(60)54(30-41(49)56)37(5)39-17-9-7-10-18-39/h7-12,17-20,35-38,50H,13-16,21-34,47-48H2,1-6H3,(H2,49,56)/t37-,38-/m0/s1. The van der Waals surface area contributed by atoms with Crippen LogP contribution in [-0.2, 0) is 28.8 Å². The van der Waals surface area contributed by atoms with Gasteiger partial charge in [-0.15, -0.1) is 0 Å². The molecule has 6 amide bonds. The first-order valence-corrected chi connectivity index (χ1v) is 22.0. The van der Waals surface area contributed by atoms with E-state index in [2.05, 4.69) is 19.2 Å². The normalized spacial score (nSPS) is 12.2. The van der Waals surface area contributed by atoms with Gasteiger partial charge in [-0.25, -0.2) is 0 Å². The lowest BCUT2D eigenvalue weighted by Gasteiger charge is -2.35. The summed E-state index contributed by atoms with van der Waals surface area (Å²) in [6.45, 7) is 12.7. The number of nitrogens with two attached hydrogens (primary N) is 3. The number of rotatable bonds is 30. The highest BCUT2D eigenvalue weighted by Gasteiger charge is 2.32. The maximum Gasteiger partial charge on any atom is 0.243 e. The van der Waals surface area contributed by atoms with Gasteiger partial charge in [0.1, 0.15) is 6.54 Å². The van der Waals surface area contributed by atoms with Crippen LogP contribution >= 0.6 is 0 Å². The molecule has 15 heteroatoms. The number of hydrogen-bond donors (Lipinski definition) is 4. The van der Waals surface area contributed by atoms with Crippen molar-refractivity contribution in [3.05, 3.63) is 71.8 Å². The third kappa shape index (κ3) is 19.6. The number of nitrogens with one attached hydrogen (secondary N) is 1. The summed E-state index contributed by atoms with van der Waals surface area (Å²) in [5.74, 6) is -2.15. The van der Waals surface area contributed by atoms with E-state index in [-0.39, 0.29) is 70.1 Å². The fourth-order valence-electron chi connectivity index (χ4n) is 6.74. The van der Waals surface area contributed by atoms with Gasteiger partial charge in [0, 0.05) is 19.6 Å². The van der Waals surface area contributed by atoms with Gasteiger partial charge in [0.05, 0.1) is 44.8 Å². The molecule has 0 heterocycles. The third-order valence-electron chi connectivity index (χ3n) is 10.7. The van der Waals surface area contributed by atoms with Crippen LogP contribution in [0.15, 0.2) is 60.7 Å². The molecule has 0 spiro atoms. The molecule has 2 aromatic rings. The summed E-state index contributed by atoms with van der Waals surface area (Å²) in [6.07, 6.45) is 4.07. The van der Waals surface area contributed by atoms with Crippen molar-refractivity contribution in [1.29, 1.82) is 0 Å². The van der Waals surface area contributed by atoms with Gasteiger partial charge in [-0.3, -0.25) is 28.8 Å². The molecule has 0 radical (unpaired) electrons. The zero-order valence-corrected chi connectivity index (χ0v) is 37.7. The van der Waals surface area contributed by atoms with Crippen molar-refractivity contribution in [3.63, 3.8) is 0 Å². The highest BCUT2D eigenvalue weighted by molar-refractivity contribution is 5.92. The summed E-state index contributed by atoms with van der Waals surface area (Å²) in [5, 5.41) is 3.17. The van der Waals surface area contributed by atoms with Gasteiger partial charge in [0.15, 0.2) is 0 Å². The van der Waals surface area contributed by atoms with Crippen LogP contribution in [0.4, 0.5) is 0 Å². The van der Waals surface area contributed by atoms with Gasteiger partial charge in [0.2, 0.25) is 35.4 Å². The Balaban J connectivity index is 2.44. The molecular formula is C46H75N9O6. The molecule has 0 aliphatic rings. The van der Waals surface area contributed by atoms with Crippen LogP contribution in [0.1, 0.15) is 103 Å². The summed E-state index contributed by atoms with van der Waals surface area (Å²) in [4.78, 5) is 90.1. The van der Waals surface area contributed by atoms with Gasteiger partial charge in [-0.2, -0.15) is 0 Å². The van der Waals surface area contributed by atoms with Gasteiger partial charge in [-0.1, -0.05) is 88.4 Å². The second kappa shape index (κ2) is 28.6. The largest absolute Gasteiger partial charge is 0.368 e. The second-order valence-corrected chi connectivity index (χ2v) is 16.7. The maximum absolute atomic E-state index is 14.5. The Hall–Kier alpha value is -4.86. The van der Waals surface area contributed by atoms with Crippen LogP contribution in [0.3, 0.4) is 0 Å². The van der Waals surface area contributed by atoms with Crippen LogP contribution < -0.4 is 22.5 Å². The predicted molar refractivity (Wildman–Crippen MR) is 240 cm³/mol. The zero-order valence-electron chi connectivity index (χ0n) is 37.7. The van der Waals surface area contributed by atoms with Crippen LogP contribution in [0.2, 0.25) is 0 Å². The average molecular weight is 850 g/mol. The van der Waals surface area contributed by atoms with Gasteiger partial charge < -0.3 is 47.0 Å². The van der Waals surface area contributed by atoms with Gasteiger partial charge in [0.25, 0.3) is 0 Å². The van der Waals surface area contributed by atoms with E-state index in [1.165, 1.54) is 19.6 Å². The third-order valence-corrected chi connectivity index (χ3v) is 10.7. The van der Waals surface area contributed by atoms with E-state index in [4.69, 9.17) is 17.2 Å². The molecule has 0 aliphatic carbocycles. The number of unbranched alkanes of at least 4 members (excludes halogenated alkanes) is 2. The second-order valence-electron chi connectivity index (χ2n) is 16.7. The molecule has 2 atom stereocenters. The van der Waals surface area contributed by atoms with Crippen molar-refractivity contribution in [1.82, 2.24) is 29.8 Å². The summed E-state index contributed by atoms with van der Waals surface area (Å²) >= 11 is 0. The Labute approximate surface area is 364 Å². The van der Waals surface area contributed by atoms with E-state index >= 15 is 0 Å². The number of nitrogens with zero attached hydrogens (tertiary/aromatic N) is 5. The minimum atomic E-state index is -0.681. The molecule has 0 unspecified atom stereocenters. The van der Waals surface area contributed by atoms with Crippen molar-refractivity contribution in [2.45, 2.75) is 92.2 Å². The molecule has 7 N–H and O–H groups in total. The fourth-order valence-corrected chi connectivity index (χ4v) is 6.74. The van der Waals surface area contributed by atoms with E-state index in [1.54, 1.807) is 11.8 Å². The van der Waals surface area contributed by atoms with Crippen molar-refractivity contribution in [3.8, 4) is 0 Å². The van der Waals surface area contributed by atoms with E-state index < -0.39 is 41.6 Å². The molecule has 0 bridgehead atoms. The number of amides is 6. The SMILES string of the molecule is CC(C)CCN(CC(=O)N(CC(N)=O)[C@@H](C)c1ccccc1)C(=O)CN(CCCCN)C(=O)CN(C(=O)CN(CCC(C)C)C(=O)CNCCCCN)[C@@H](C)c1ccccc1. The lowest BCUT2D eigenvalue weighted by molar-refractivity contribution is -0.148. The topological polar surface area (TPSA) is 209 Å². The molecule has 15 nitrogen and oxygen atoms in total. The Kier molecular flexibility index (Phi) is 24.5. The number of primary amides is 1. The van der Waals surface area contributed by atoms with Gasteiger partial charge >= 0.3 is 0 Å². The average Bonchev–Trinajstić information content (AvgIpc) is 3.23. The molecule has 0 aromatic heterocycles. The highest BCUT2D eigenvalue weighted by Crippen LogP contribution is 2.22. The molecule has 2 aromatic carbocycles. The summed E-state index contributed by atoms with van der Waals surface area (Å²) in [6, 6.07) is 17.6. The fraction of sp³-hybridized carbons (Fsp3) is 0.609. The summed E-state index contributed by atoms with van der Waals surface area (Å²) < 4.78 is 0. The summed E-state index contributed by atoms with van der Waals surface area (Å²) in [5.41, 5.74) is 18.7. The molecule has 0 saturated heterocycles. The first kappa shape index (κ1) is 52.3. The Morgan fingerprint density at radius 3 is 1.38 bits per heavy atom. The highest BCUT2D eigenvalue weighted by atomic mass is 16.2. The number of benzene rings is 2. The Morgan fingerprint density at radius 1 is 0.508 bits per heavy atom.